The van der Waals surface area contributed by atoms with Crippen LogP contribution in [0.25, 0.3) is 0 Å². The second kappa shape index (κ2) is 17.8. The maximum atomic E-state index is 14.7. The Morgan fingerprint density at radius 3 is 2.35 bits per heavy atom. The first-order valence-electron chi connectivity index (χ1n) is 20.1. The van der Waals surface area contributed by atoms with Crippen molar-refractivity contribution in [2.24, 2.45) is 5.92 Å². The van der Waals surface area contributed by atoms with Gasteiger partial charge < -0.3 is 49.6 Å². The van der Waals surface area contributed by atoms with E-state index in [1.807, 2.05) is 6.92 Å². The molecule has 3 N–H and O–H groups in total. The predicted octanol–water partition coefficient (Wildman–Crippen LogP) is 0.354. The average Bonchev–Trinajstić information content (AvgIpc) is 3.98. The summed E-state index contributed by atoms with van der Waals surface area (Å²) in [4.78, 5) is 102. The fraction of sp³-hybridized carbons (Fsp3) is 0.537. The Kier molecular flexibility index (Phi) is 12.5. The fourth-order valence-corrected chi connectivity index (χ4v) is 8.49. The largest absolute Gasteiger partial charge is 0.458 e. The van der Waals surface area contributed by atoms with Crippen LogP contribution in [0, 0.1) is 17.6 Å². The summed E-state index contributed by atoms with van der Waals surface area (Å²) in [5.74, 6) is -6.05. The summed E-state index contributed by atoms with van der Waals surface area (Å²) in [6.45, 7) is 4.99. The van der Waals surface area contributed by atoms with E-state index in [1.165, 1.54) is 28.5 Å². The summed E-state index contributed by atoms with van der Waals surface area (Å²) in [5, 5.41) is 7.94. The van der Waals surface area contributed by atoms with Crippen LogP contribution in [0.5, 0.6) is 11.5 Å². The van der Waals surface area contributed by atoms with Crippen LogP contribution in [0.4, 0.5) is 8.78 Å². The van der Waals surface area contributed by atoms with Crippen molar-refractivity contribution in [3.05, 3.63) is 59.2 Å². The number of ether oxygens (including phenoxy) is 4. The first-order chi connectivity index (χ1) is 28.7. The van der Waals surface area contributed by atoms with E-state index in [2.05, 4.69) is 16.0 Å². The number of halogens is 2. The molecule has 0 aliphatic carbocycles. The Bertz CT molecular complexity index is 2030. The number of benzene rings is 2. The first kappa shape index (κ1) is 42.3. The minimum absolute atomic E-state index is 0.0115. The van der Waals surface area contributed by atoms with Gasteiger partial charge in [-0.15, -0.1) is 0 Å². The van der Waals surface area contributed by atoms with Crippen molar-refractivity contribution >= 4 is 41.4 Å². The molecular formula is C41H48F2N6O11. The average molecular weight is 839 g/mol. The van der Waals surface area contributed by atoms with Crippen molar-refractivity contribution in [2.75, 3.05) is 39.6 Å². The first-order valence-corrected chi connectivity index (χ1v) is 20.1. The molecule has 60 heavy (non-hydrogen) atoms. The number of hydrogen-bond acceptors (Lipinski definition) is 11. The van der Waals surface area contributed by atoms with Gasteiger partial charge in [-0.3, -0.25) is 28.8 Å². The number of nitrogens with one attached hydrogen (secondary N) is 3. The van der Waals surface area contributed by atoms with E-state index in [4.69, 9.17) is 18.9 Å². The lowest BCUT2D eigenvalue weighted by molar-refractivity contribution is -0.164. The normalized spacial score (nSPS) is 27.7. The van der Waals surface area contributed by atoms with Crippen LogP contribution in [-0.4, -0.2) is 138 Å². The summed E-state index contributed by atoms with van der Waals surface area (Å²) >= 11 is 0. The number of cyclic esters (lactones) is 1. The molecule has 0 bridgehead atoms. The number of amides is 6. The number of rotatable bonds is 7. The Balaban J connectivity index is 1.20. The second-order valence-electron chi connectivity index (χ2n) is 16.0. The lowest BCUT2D eigenvalue weighted by atomic mass is 10.0. The van der Waals surface area contributed by atoms with Crippen LogP contribution >= 0.6 is 0 Å². The van der Waals surface area contributed by atoms with Gasteiger partial charge in [-0.05, 0) is 74.4 Å². The van der Waals surface area contributed by atoms with E-state index in [9.17, 15) is 42.3 Å². The molecule has 8 atom stereocenters. The number of nitrogens with zero attached hydrogens (tertiary/aromatic N) is 3. The molecule has 0 aromatic heterocycles. The Morgan fingerprint density at radius 1 is 0.850 bits per heavy atom. The van der Waals surface area contributed by atoms with E-state index in [1.54, 1.807) is 18.2 Å². The van der Waals surface area contributed by atoms with Gasteiger partial charge in [0, 0.05) is 32.1 Å². The maximum Gasteiger partial charge on any atom is 0.329 e. The highest BCUT2D eigenvalue weighted by atomic mass is 19.1. The number of carbonyl (C=O) groups is 7. The SMILES string of the molecule is C[C@@H]1C[C@H]2C(=O)O[C@@H](C)[C@H](NC(=O)[C@H](Cc3cc(F)cc(F)c3)NC(=O)Cc3ccc4c(c3)OCO4)C(=O)N3CCC[C@H]3C(=O)N3CCOC[C@H]3C(=O)N[C@@H](C)C(=O)N2C1. The molecule has 5 aliphatic rings. The molecule has 7 rings (SSSR count). The fourth-order valence-electron chi connectivity index (χ4n) is 8.49. The third-order valence-corrected chi connectivity index (χ3v) is 11.5. The molecule has 19 heteroatoms. The van der Waals surface area contributed by atoms with Gasteiger partial charge in [0.1, 0.15) is 54.0 Å². The van der Waals surface area contributed by atoms with Crippen molar-refractivity contribution in [3.63, 3.8) is 0 Å². The van der Waals surface area contributed by atoms with Crippen molar-refractivity contribution in [1.82, 2.24) is 30.7 Å². The molecule has 5 aliphatic heterocycles. The van der Waals surface area contributed by atoms with Gasteiger partial charge in [-0.1, -0.05) is 13.0 Å². The molecule has 0 saturated carbocycles. The van der Waals surface area contributed by atoms with E-state index in [-0.39, 0.29) is 70.4 Å². The van der Waals surface area contributed by atoms with Gasteiger partial charge in [-0.2, -0.15) is 0 Å². The highest BCUT2D eigenvalue weighted by molar-refractivity contribution is 5.98. The van der Waals surface area contributed by atoms with E-state index >= 15 is 0 Å². The number of esters is 1. The molecule has 0 unspecified atom stereocenters. The summed E-state index contributed by atoms with van der Waals surface area (Å²) in [7, 11) is 0. The molecule has 0 spiro atoms. The van der Waals surface area contributed by atoms with Crippen LogP contribution < -0.4 is 25.4 Å². The van der Waals surface area contributed by atoms with Crippen molar-refractivity contribution in [1.29, 1.82) is 0 Å². The van der Waals surface area contributed by atoms with Gasteiger partial charge >= 0.3 is 5.97 Å². The third-order valence-electron chi connectivity index (χ3n) is 11.5. The van der Waals surface area contributed by atoms with Crippen molar-refractivity contribution in [3.8, 4) is 11.5 Å². The summed E-state index contributed by atoms with van der Waals surface area (Å²) in [6, 6.07) is 0.0151. The smallest absolute Gasteiger partial charge is 0.329 e. The van der Waals surface area contributed by atoms with Gasteiger partial charge in [0.2, 0.25) is 42.2 Å². The molecule has 322 valence electrons. The maximum absolute atomic E-state index is 14.7. The molecule has 2 aromatic carbocycles. The Hall–Kier alpha value is -5.85. The molecule has 6 amide bonds. The monoisotopic (exact) mass is 838 g/mol. The quantitative estimate of drug-likeness (QED) is 0.325. The zero-order valence-electron chi connectivity index (χ0n) is 33.4. The lowest BCUT2D eigenvalue weighted by Gasteiger charge is -2.39. The molecule has 17 nitrogen and oxygen atoms in total. The number of hydrogen-bond donors (Lipinski definition) is 3. The minimum atomic E-state index is -1.65. The van der Waals surface area contributed by atoms with E-state index in [0.29, 0.717) is 29.5 Å². The number of fused-ring (bicyclic) bond motifs is 4. The number of morpholine rings is 1. The standard InChI is InChI=1S/C41H48F2N6O11/c1-21-11-30-41(56)60-23(3)35(40(55)47-8-4-5-29(47)39(54)48-9-10-57-19-31(48)37(52)44-22(2)38(53)49(30)18-21)46-36(51)28(14-25-12-26(42)17-27(43)13-25)45-34(50)16-24-6-7-32-33(15-24)59-20-58-32/h6-7,12-13,15,17,21-23,28-31,35H,4-5,8-11,14,16,18-20H2,1-3H3,(H,44,52)(H,45,50)(H,46,51)/t21-,22+,23+,28+,29+,30+,31+,35+/m1/s1. The topological polar surface area (TPSA) is 202 Å². The second-order valence-corrected chi connectivity index (χ2v) is 16.0. The molecular weight excluding hydrogens is 790 g/mol. The van der Waals surface area contributed by atoms with Gasteiger partial charge in [0.15, 0.2) is 11.5 Å². The molecule has 2 aromatic rings. The van der Waals surface area contributed by atoms with Crippen molar-refractivity contribution < 1.29 is 61.3 Å². The lowest BCUT2D eigenvalue weighted by Crippen LogP contribution is -2.64. The zero-order chi connectivity index (χ0) is 42.8. The highest BCUT2D eigenvalue weighted by Gasteiger charge is 2.47. The van der Waals surface area contributed by atoms with Crippen LogP contribution in [0.2, 0.25) is 0 Å². The highest BCUT2D eigenvalue weighted by Crippen LogP contribution is 2.33. The van der Waals surface area contributed by atoms with E-state index in [0.717, 1.165) is 12.1 Å². The summed E-state index contributed by atoms with van der Waals surface area (Å²) in [5.41, 5.74) is 0.525. The summed E-state index contributed by atoms with van der Waals surface area (Å²) in [6.07, 6.45) is -1.21. The van der Waals surface area contributed by atoms with E-state index < -0.39 is 102 Å². The van der Waals surface area contributed by atoms with Gasteiger partial charge in [0.05, 0.1) is 19.6 Å². The molecule has 4 fully saturated rings. The van der Waals surface area contributed by atoms with Gasteiger partial charge in [-0.25, -0.2) is 13.6 Å². The molecule has 5 heterocycles. The van der Waals surface area contributed by atoms with Crippen molar-refractivity contribution in [2.45, 2.75) is 95.2 Å². The van der Waals surface area contributed by atoms with Crippen LogP contribution in [-0.2, 0) is 55.9 Å². The van der Waals surface area contributed by atoms with Gasteiger partial charge in [0.25, 0.3) is 0 Å². The molecule has 0 radical (unpaired) electrons. The Labute approximate surface area is 344 Å². The summed E-state index contributed by atoms with van der Waals surface area (Å²) < 4.78 is 51.0. The van der Waals surface area contributed by atoms with Crippen LogP contribution in [0.15, 0.2) is 36.4 Å². The van der Waals surface area contributed by atoms with Crippen LogP contribution in [0.3, 0.4) is 0 Å². The molecule has 4 saturated heterocycles. The predicted molar refractivity (Wildman–Crippen MR) is 204 cm³/mol. The number of carbonyl (C=O) groups excluding carboxylic acids is 7. The minimum Gasteiger partial charge on any atom is -0.458 e. The zero-order valence-corrected chi connectivity index (χ0v) is 33.4. The third kappa shape index (κ3) is 9.14. The Morgan fingerprint density at radius 2 is 1.58 bits per heavy atom. The van der Waals surface area contributed by atoms with Crippen LogP contribution in [0.1, 0.15) is 51.2 Å².